The molecule has 1 aliphatic heterocycles. The van der Waals surface area contributed by atoms with Crippen molar-refractivity contribution in [3.63, 3.8) is 0 Å². The number of methoxy groups -OCH3 is 2. The summed E-state index contributed by atoms with van der Waals surface area (Å²) in [5, 5.41) is 9.36. The van der Waals surface area contributed by atoms with Gasteiger partial charge in [0.15, 0.2) is 11.5 Å². The van der Waals surface area contributed by atoms with E-state index in [2.05, 4.69) is 48.5 Å². The number of quaternary nitrogens is 1. The van der Waals surface area contributed by atoms with Gasteiger partial charge in [0.2, 0.25) is 5.82 Å². The second-order valence-electron chi connectivity index (χ2n) is 8.69. The Morgan fingerprint density at radius 1 is 1.14 bits per heavy atom. The number of nitrogens with zero attached hydrogens (tertiary/aromatic N) is 2. The molecule has 8 nitrogen and oxygen atoms in total. The minimum atomic E-state index is -0.349. The molecule has 28 heavy (non-hydrogen) atoms. The van der Waals surface area contributed by atoms with Crippen molar-refractivity contribution in [3.05, 3.63) is 24.1 Å². The quantitative estimate of drug-likeness (QED) is 0.808. The zero-order valence-electron chi connectivity index (χ0n) is 17.3. The third-order valence-corrected chi connectivity index (χ3v) is 4.92. The second kappa shape index (κ2) is 7.43. The lowest BCUT2D eigenvalue weighted by molar-refractivity contribution is -0.787. The van der Waals surface area contributed by atoms with Crippen LogP contribution in [0.2, 0.25) is 0 Å². The van der Waals surface area contributed by atoms with Crippen LogP contribution in [0.25, 0.3) is 11.4 Å². The Hall–Kier alpha value is -2.61. The highest BCUT2D eigenvalue weighted by Crippen LogP contribution is 2.31. The van der Waals surface area contributed by atoms with E-state index in [1.165, 1.54) is 0 Å². The maximum absolute atomic E-state index is 12.6. The third kappa shape index (κ3) is 4.44. The van der Waals surface area contributed by atoms with Crippen LogP contribution in [0.1, 0.15) is 51.2 Å². The van der Waals surface area contributed by atoms with Crippen LogP contribution in [0.3, 0.4) is 0 Å². The molecule has 1 aromatic heterocycles. The highest BCUT2D eigenvalue weighted by molar-refractivity contribution is 5.90. The van der Waals surface area contributed by atoms with Gasteiger partial charge < -0.3 is 24.6 Å². The summed E-state index contributed by atoms with van der Waals surface area (Å²) in [5.41, 5.74) is 0.786. The van der Waals surface area contributed by atoms with Gasteiger partial charge in [0.1, 0.15) is 0 Å². The maximum Gasteiger partial charge on any atom is 0.316 e. The average molecular weight is 389 g/mol. The van der Waals surface area contributed by atoms with Crippen LogP contribution in [-0.2, 0) is 0 Å². The van der Waals surface area contributed by atoms with E-state index in [0.29, 0.717) is 22.9 Å². The molecule has 1 fully saturated rings. The fraction of sp³-hybridized carbons (Fsp3) is 0.550. The van der Waals surface area contributed by atoms with Crippen LogP contribution in [0.5, 0.6) is 11.5 Å². The van der Waals surface area contributed by atoms with Gasteiger partial charge in [-0.3, -0.25) is 4.79 Å². The lowest BCUT2D eigenvalue weighted by Crippen LogP contribution is -3.06. The van der Waals surface area contributed by atoms with Crippen molar-refractivity contribution in [2.75, 3.05) is 14.2 Å². The lowest BCUT2D eigenvalue weighted by Gasteiger charge is -2.42. The molecule has 2 aromatic rings. The number of ether oxygens (including phenoxy) is 2. The topological polar surface area (TPSA) is 103 Å². The SMILES string of the molecule is COc1ccc(-c2noc(C(=O)NC3CC(C)(C)[NH2+]C(C)(C)C3)n2)cc1OC. The molecule has 0 saturated carbocycles. The van der Waals surface area contributed by atoms with E-state index < -0.39 is 0 Å². The summed E-state index contributed by atoms with van der Waals surface area (Å²) in [6, 6.07) is 5.34. The van der Waals surface area contributed by atoms with E-state index in [1.54, 1.807) is 32.4 Å². The van der Waals surface area contributed by atoms with Gasteiger partial charge in [0, 0.05) is 24.4 Å². The van der Waals surface area contributed by atoms with Crippen molar-refractivity contribution in [1.29, 1.82) is 0 Å². The Labute approximate surface area is 165 Å². The van der Waals surface area contributed by atoms with Gasteiger partial charge in [-0.05, 0) is 45.9 Å². The Bertz CT molecular complexity index is 844. The number of rotatable bonds is 5. The molecule has 2 heterocycles. The molecule has 0 radical (unpaired) electrons. The Kier molecular flexibility index (Phi) is 5.34. The van der Waals surface area contributed by atoms with Gasteiger partial charge in [0.25, 0.3) is 0 Å². The number of carbonyl (C=O) groups is 1. The molecule has 0 aliphatic carbocycles. The summed E-state index contributed by atoms with van der Waals surface area (Å²) >= 11 is 0. The van der Waals surface area contributed by atoms with Crippen molar-refractivity contribution >= 4 is 5.91 Å². The van der Waals surface area contributed by atoms with Crippen molar-refractivity contribution in [2.45, 2.75) is 57.7 Å². The van der Waals surface area contributed by atoms with Crippen LogP contribution in [0.15, 0.2) is 22.7 Å². The van der Waals surface area contributed by atoms with Crippen LogP contribution >= 0.6 is 0 Å². The van der Waals surface area contributed by atoms with Gasteiger partial charge >= 0.3 is 11.8 Å². The van der Waals surface area contributed by atoms with Crippen molar-refractivity contribution in [1.82, 2.24) is 15.5 Å². The molecule has 3 rings (SSSR count). The van der Waals surface area contributed by atoms with Crippen LogP contribution in [-0.4, -0.2) is 47.4 Å². The monoisotopic (exact) mass is 389 g/mol. The van der Waals surface area contributed by atoms with Crippen LogP contribution in [0, 0.1) is 0 Å². The lowest BCUT2D eigenvalue weighted by atomic mass is 9.79. The summed E-state index contributed by atoms with van der Waals surface area (Å²) in [7, 11) is 3.13. The van der Waals surface area contributed by atoms with E-state index in [-0.39, 0.29) is 28.9 Å². The van der Waals surface area contributed by atoms with E-state index in [4.69, 9.17) is 14.0 Å². The minimum Gasteiger partial charge on any atom is -0.493 e. The molecular formula is C20H29N4O4+. The zero-order valence-corrected chi connectivity index (χ0v) is 17.3. The second-order valence-corrected chi connectivity index (χ2v) is 8.69. The molecule has 1 aliphatic rings. The van der Waals surface area contributed by atoms with Crippen LogP contribution < -0.4 is 20.1 Å². The molecule has 3 N–H and O–H groups in total. The van der Waals surface area contributed by atoms with Crippen molar-refractivity contribution in [2.24, 2.45) is 0 Å². The van der Waals surface area contributed by atoms with Crippen molar-refractivity contribution in [3.8, 4) is 22.9 Å². The minimum absolute atomic E-state index is 0.0463. The smallest absolute Gasteiger partial charge is 0.316 e. The molecular weight excluding hydrogens is 360 g/mol. The summed E-state index contributed by atoms with van der Waals surface area (Å²) < 4.78 is 15.7. The van der Waals surface area contributed by atoms with Gasteiger partial charge in [-0.2, -0.15) is 4.98 Å². The van der Waals surface area contributed by atoms with Crippen molar-refractivity contribution < 1.29 is 24.1 Å². The highest BCUT2D eigenvalue weighted by atomic mass is 16.5. The summed E-state index contributed by atoms with van der Waals surface area (Å²) in [6.07, 6.45) is 1.75. The number of hydrogen-bond donors (Lipinski definition) is 2. The number of hydrogen-bond acceptors (Lipinski definition) is 6. The normalized spacial score (nSPS) is 18.5. The Morgan fingerprint density at radius 2 is 1.79 bits per heavy atom. The molecule has 1 saturated heterocycles. The first-order chi connectivity index (χ1) is 13.1. The van der Waals surface area contributed by atoms with Gasteiger partial charge in [-0.1, -0.05) is 5.16 Å². The molecule has 0 spiro atoms. The number of benzene rings is 1. The first-order valence-electron chi connectivity index (χ1n) is 9.36. The fourth-order valence-corrected chi connectivity index (χ4v) is 4.28. The van der Waals surface area contributed by atoms with Gasteiger partial charge in [-0.25, -0.2) is 0 Å². The van der Waals surface area contributed by atoms with E-state index >= 15 is 0 Å². The Morgan fingerprint density at radius 3 is 2.39 bits per heavy atom. The molecule has 1 aromatic carbocycles. The first-order valence-corrected chi connectivity index (χ1v) is 9.36. The summed E-state index contributed by atoms with van der Waals surface area (Å²) in [5.74, 6) is 1.09. The first kappa shape index (κ1) is 20.1. The number of nitrogens with two attached hydrogens (primary N) is 1. The van der Waals surface area contributed by atoms with Crippen LogP contribution in [0.4, 0.5) is 0 Å². The predicted molar refractivity (Wildman–Crippen MR) is 103 cm³/mol. The molecule has 1 amide bonds. The zero-order chi connectivity index (χ0) is 20.5. The van der Waals surface area contributed by atoms with E-state index in [0.717, 1.165) is 12.8 Å². The highest BCUT2D eigenvalue weighted by Gasteiger charge is 2.42. The number of piperidine rings is 1. The Balaban J connectivity index is 1.74. The molecule has 0 bridgehead atoms. The predicted octanol–water partition coefficient (Wildman–Crippen LogP) is 1.77. The largest absolute Gasteiger partial charge is 0.493 e. The standard InChI is InChI=1S/C20H28N4O4/c1-19(2)10-13(11-20(3,4)24-19)21-17(25)18-22-16(23-28-18)12-7-8-14(26-5)15(9-12)27-6/h7-9,13,24H,10-11H2,1-6H3,(H,21,25)/p+1. The average Bonchev–Trinajstić information content (AvgIpc) is 3.08. The van der Waals surface area contributed by atoms with E-state index in [1.807, 2.05) is 0 Å². The maximum atomic E-state index is 12.6. The molecule has 152 valence electrons. The van der Waals surface area contributed by atoms with Gasteiger partial charge in [-0.15, -0.1) is 0 Å². The number of amides is 1. The van der Waals surface area contributed by atoms with Gasteiger partial charge in [0.05, 0.1) is 25.3 Å². The molecule has 0 unspecified atom stereocenters. The fourth-order valence-electron chi connectivity index (χ4n) is 4.28. The molecule has 0 atom stereocenters. The number of aromatic nitrogens is 2. The molecule has 8 heteroatoms. The third-order valence-electron chi connectivity index (χ3n) is 4.92. The number of carbonyl (C=O) groups excluding carboxylic acids is 1. The van der Waals surface area contributed by atoms with E-state index in [9.17, 15) is 4.79 Å². The summed E-state index contributed by atoms with van der Waals surface area (Å²) in [4.78, 5) is 16.9. The summed E-state index contributed by atoms with van der Waals surface area (Å²) in [6.45, 7) is 8.76. The number of nitrogens with one attached hydrogen (secondary N) is 1.